The number of carbonyl (C=O) groups is 5. The summed E-state index contributed by atoms with van der Waals surface area (Å²) < 4.78 is 24.9. The summed E-state index contributed by atoms with van der Waals surface area (Å²) in [5.41, 5.74) is 0.455. The van der Waals surface area contributed by atoms with Crippen molar-refractivity contribution in [1.82, 2.24) is 0 Å². The second kappa shape index (κ2) is 13.1. The van der Waals surface area contributed by atoms with Crippen LogP contribution >= 0.6 is 0 Å². The molecular formula is C26H26O11. The molecule has 1 aliphatic carbocycles. The first-order valence-electron chi connectivity index (χ1n) is 11.6. The molecule has 196 valence electrons. The van der Waals surface area contributed by atoms with E-state index in [0.29, 0.717) is 25.7 Å². The Bertz CT molecular complexity index is 1110. The van der Waals surface area contributed by atoms with Gasteiger partial charge in [-0.05, 0) is 74.2 Å². The van der Waals surface area contributed by atoms with E-state index in [0.717, 1.165) is 0 Å². The minimum absolute atomic E-state index is 0.0997. The first-order chi connectivity index (χ1) is 17.7. The highest BCUT2D eigenvalue weighted by atomic mass is 16.8. The number of carboxylic acids is 1. The van der Waals surface area contributed by atoms with Gasteiger partial charge >= 0.3 is 30.0 Å². The van der Waals surface area contributed by atoms with Gasteiger partial charge in [-0.1, -0.05) is 6.92 Å². The molecule has 1 saturated carbocycles. The van der Waals surface area contributed by atoms with E-state index >= 15 is 0 Å². The summed E-state index contributed by atoms with van der Waals surface area (Å²) in [5.74, 6) is -2.65. The molecule has 11 heteroatoms. The fraction of sp³-hybridized carbons (Fsp3) is 0.346. The molecule has 2 aromatic rings. The number of esters is 3. The maximum absolute atomic E-state index is 12.4. The minimum Gasteiger partial charge on any atom is -0.481 e. The molecule has 1 aliphatic rings. The molecule has 1 N–H and O–H groups in total. The SMILES string of the molecule is CCC(=O)OCOC(=O)Oc1ccc(C(=O)Oc2ccc(C(=O)OC3CCC(C(=O)O)CC3)cc2)cc1. The molecular weight excluding hydrogens is 488 g/mol. The van der Waals surface area contributed by atoms with Crippen LogP contribution in [0.5, 0.6) is 11.5 Å². The Hall–Kier alpha value is -4.41. The van der Waals surface area contributed by atoms with Gasteiger partial charge < -0.3 is 28.8 Å². The third kappa shape index (κ3) is 8.34. The number of ether oxygens (including phenoxy) is 5. The zero-order valence-electron chi connectivity index (χ0n) is 20.0. The molecule has 0 aromatic heterocycles. The topological polar surface area (TPSA) is 152 Å². The van der Waals surface area contributed by atoms with E-state index in [2.05, 4.69) is 9.47 Å². The number of carboxylic acid groups (broad SMARTS) is 1. The van der Waals surface area contributed by atoms with Gasteiger partial charge in [-0.25, -0.2) is 14.4 Å². The largest absolute Gasteiger partial charge is 0.516 e. The maximum atomic E-state index is 12.4. The van der Waals surface area contributed by atoms with Gasteiger partial charge in [0.15, 0.2) is 0 Å². The number of aliphatic carboxylic acids is 1. The summed E-state index contributed by atoms with van der Waals surface area (Å²) in [6.45, 7) is 1.03. The average molecular weight is 514 g/mol. The van der Waals surface area contributed by atoms with Crippen LogP contribution in [-0.4, -0.2) is 48.0 Å². The van der Waals surface area contributed by atoms with Crippen molar-refractivity contribution in [3.63, 3.8) is 0 Å². The predicted molar refractivity (Wildman–Crippen MR) is 125 cm³/mol. The fourth-order valence-corrected chi connectivity index (χ4v) is 3.50. The molecule has 2 aromatic carbocycles. The maximum Gasteiger partial charge on any atom is 0.516 e. The molecule has 0 atom stereocenters. The van der Waals surface area contributed by atoms with Gasteiger partial charge in [0.25, 0.3) is 0 Å². The Morgan fingerprint density at radius 1 is 0.757 bits per heavy atom. The number of benzene rings is 2. The smallest absolute Gasteiger partial charge is 0.481 e. The van der Waals surface area contributed by atoms with Gasteiger partial charge in [0.2, 0.25) is 6.79 Å². The van der Waals surface area contributed by atoms with E-state index in [4.69, 9.17) is 19.3 Å². The van der Waals surface area contributed by atoms with E-state index in [-0.39, 0.29) is 35.2 Å². The summed E-state index contributed by atoms with van der Waals surface area (Å²) in [5, 5.41) is 9.06. The lowest BCUT2D eigenvalue weighted by atomic mass is 9.87. The van der Waals surface area contributed by atoms with Crippen LogP contribution in [0.15, 0.2) is 48.5 Å². The highest BCUT2D eigenvalue weighted by molar-refractivity contribution is 5.92. The van der Waals surface area contributed by atoms with E-state index in [1.807, 2.05) is 0 Å². The van der Waals surface area contributed by atoms with E-state index in [9.17, 15) is 24.0 Å². The standard InChI is InChI=1S/C26H26O11/c1-2-22(27)33-15-34-26(32)37-21-13-7-18(8-14-21)25(31)36-20-11-5-17(6-12-20)24(30)35-19-9-3-16(4-10-19)23(28)29/h5-8,11-14,16,19H,2-4,9-10,15H2,1H3,(H,28,29). The molecule has 0 aliphatic heterocycles. The lowest BCUT2D eigenvalue weighted by Crippen LogP contribution is -2.27. The molecule has 0 bridgehead atoms. The van der Waals surface area contributed by atoms with Crippen molar-refractivity contribution in [3.8, 4) is 11.5 Å². The number of hydrogen-bond acceptors (Lipinski definition) is 10. The van der Waals surface area contributed by atoms with Gasteiger partial charge in [0, 0.05) is 6.42 Å². The number of rotatable bonds is 9. The lowest BCUT2D eigenvalue weighted by Gasteiger charge is -2.25. The summed E-state index contributed by atoms with van der Waals surface area (Å²) >= 11 is 0. The van der Waals surface area contributed by atoms with Crippen molar-refractivity contribution < 1.29 is 52.8 Å². The molecule has 0 unspecified atom stereocenters. The highest BCUT2D eigenvalue weighted by Gasteiger charge is 2.28. The van der Waals surface area contributed by atoms with Gasteiger partial charge in [0.1, 0.15) is 17.6 Å². The quantitative estimate of drug-likeness (QED) is 0.222. The summed E-state index contributed by atoms with van der Waals surface area (Å²) in [7, 11) is 0. The molecule has 0 saturated heterocycles. The van der Waals surface area contributed by atoms with E-state index in [1.54, 1.807) is 6.92 Å². The van der Waals surface area contributed by atoms with Gasteiger partial charge in [0.05, 0.1) is 17.0 Å². The Balaban J connectivity index is 1.45. The Morgan fingerprint density at radius 2 is 1.30 bits per heavy atom. The van der Waals surface area contributed by atoms with Gasteiger partial charge in [-0.3, -0.25) is 9.59 Å². The van der Waals surface area contributed by atoms with Crippen LogP contribution in [0.3, 0.4) is 0 Å². The highest BCUT2D eigenvalue weighted by Crippen LogP contribution is 2.27. The van der Waals surface area contributed by atoms with Crippen molar-refractivity contribution in [2.45, 2.75) is 45.1 Å². The lowest BCUT2D eigenvalue weighted by molar-refractivity contribution is -0.152. The van der Waals surface area contributed by atoms with Crippen LogP contribution in [0.25, 0.3) is 0 Å². The van der Waals surface area contributed by atoms with E-state index < -0.39 is 42.7 Å². The number of carbonyl (C=O) groups excluding carboxylic acids is 4. The zero-order valence-corrected chi connectivity index (χ0v) is 20.0. The van der Waals surface area contributed by atoms with Crippen molar-refractivity contribution in [2.75, 3.05) is 6.79 Å². The van der Waals surface area contributed by atoms with Crippen LogP contribution in [-0.2, 0) is 23.8 Å². The van der Waals surface area contributed by atoms with Crippen LogP contribution < -0.4 is 9.47 Å². The third-order valence-electron chi connectivity index (χ3n) is 5.57. The Labute approximate surface area is 212 Å². The Kier molecular flexibility index (Phi) is 9.59. The monoisotopic (exact) mass is 514 g/mol. The Morgan fingerprint density at radius 3 is 1.84 bits per heavy atom. The molecule has 1 fully saturated rings. The summed E-state index contributed by atoms with van der Waals surface area (Å²) in [6, 6.07) is 11.3. The van der Waals surface area contributed by atoms with E-state index in [1.165, 1.54) is 48.5 Å². The molecule has 11 nitrogen and oxygen atoms in total. The zero-order chi connectivity index (χ0) is 26.8. The molecule has 0 radical (unpaired) electrons. The van der Waals surface area contributed by atoms with Crippen LogP contribution in [0.1, 0.15) is 59.7 Å². The minimum atomic E-state index is -1.08. The predicted octanol–water partition coefficient (Wildman–Crippen LogP) is 4.13. The van der Waals surface area contributed by atoms with Gasteiger partial charge in [-0.15, -0.1) is 0 Å². The van der Waals surface area contributed by atoms with Crippen LogP contribution in [0, 0.1) is 5.92 Å². The van der Waals surface area contributed by atoms with Crippen molar-refractivity contribution in [2.24, 2.45) is 5.92 Å². The first-order valence-corrected chi connectivity index (χ1v) is 11.6. The second-order valence-electron chi connectivity index (χ2n) is 8.14. The molecule has 3 rings (SSSR count). The second-order valence-corrected chi connectivity index (χ2v) is 8.14. The average Bonchev–Trinajstić information content (AvgIpc) is 2.89. The van der Waals surface area contributed by atoms with Crippen molar-refractivity contribution in [1.29, 1.82) is 0 Å². The van der Waals surface area contributed by atoms with Crippen LogP contribution in [0.4, 0.5) is 4.79 Å². The fourth-order valence-electron chi connectivity index (χ4n) is 3.50. The van der Waals surface area contributed by atoms with Crippen LogP contribution in [0.2, 0.25) is 0 Å². The van der Waals surface area contributed by atoms with Crippen molar-refractivity contribution >= 4 is 30.0 Å². The molecule has 0 spiro atoms. The number of hydrogen-bond donors (Lipinski definition) is 1. The molecule has 0 amide bonds. The normalized spacial score (nSPS) is 16.7. The molecule has 0 heterocycles. The molecule has 37 heavy (non-hydrogen) atoms. The third-order valence-corrected chi connectivity index (χ3v) is 5.57. The summed E-state index contributed by atoms with van der Waals surface area (Å²) in [4.78, 5) is 58.4. The first kappa shape index (κ1) is 27.2. The van der Waals surface area contributed by atoms with Gasteiger partial charge in [-0.2, -0.15) is 0 Å². The summed E-state index contributed by atoms with van der Waals surface area (Å²) in [6.07, 6.45) is 0.671. The van der Waals surface area contributed by atoms with Crippen molar-refractivity contribution in [3.05, 3.63) is 59.7 Å².